The first-order valence-corrected chi connectivity index (χ1v) is 7.09. The number of ether oxygens (including phenoxy) is 6. The first-order valence-electron chi connectivity index (χ1n) is 7.09. The highest BCUT2D eigenvalue weighted by Gasteiger charge is 2.95. The summed E-state index contributed by atoms with van der Waals surface area (Å²) in [5.41, 5.74) is -1.27. The lowest BCUT2D eigenvalue weighted by atomic mass is 9.77. The second kappa shape index (κ2) is 3.17. The van der Waals surface area contributed by atoms with E-state index in [-0.39, 0.29) is 0 Å². The van der Waals surface area contributed by atoms with Crippen LogP contribution in [0.5, 0.6) is 0 Å². The molecule has 4 rings (SSSR count). The molecule has 21 heavy (non-hydrogen) atoms. The van der Waals surface area contributed by atoms with Gasteiger partial charge in [-0.3, -0.25) is 0 Å². The Labute approximate surface area is 123 Å². The Hall–Kier alpha value is -1.40. The Kier molecular flexibility index (Phi) is 2.01. The van der Waals surface area contributed by atoms with Gasteiger partial charge in [-0.1, -0.05) is 0 Å². The van der Waals surface area contributed by atoms with E-state index in [1.54, 1.807) is 12.5 Å². The minimum Gasteiger partial charge on any atom is -0.457 e. The van der Waals surface area contributed by atoms with Crippen molar-refractivity contribution in [2.45, 2.75) is 70.1 Å². The molecule has 0 aromatic carbocycles. The molecule has 2 fully saturated rings. The van der Waals surface area contributed by atoms with Gasteiger partial charge in [0.1, 0.15) is 18.1 Å². The molecule has 0 bridgehead atoms. The Morgan fingerprint density at radius 2 is 1.24 bits per heavy atom. The molecule has 0 spiro atoms. The number of epoxide rings is 1. The van der Waals surface area contributed by atoms with Crippen LogP contribution < -0.4 is 0 Å². The van der Waals surface area contributed by atoms with Gasteiger partial charge in [-0.2, -0.15) is 0 Å². The number of hydrogen-bond donors (Lipinski definition) is 0. The van der Waals surface area contributed by atoms with Crippen LogP contribution in [-0.4, -0.2) is 28.6 Å². The highest BCUT2D eigenvalue weighted by atomic mass is 16.9. The number of hydrogen-bond acceptors (Lipinski definition) is 6. The normalized spacial score (nSPS) is 43.1. The fraction of sp³-hybridized carbons (Fsp3) is 0.733. The van der Waals surface area contributed by atoms with E-state index in [0.717, 1.165) is 0 Å². The third-order valence-corrected chi connectivity index (χ3v) is 4.25. The van der Waals surface area contributed by atoms with Gasteiger partial charge in [0, 0.05) is 27.7 Å². The van der Waals surface area contributed by atoms with Gasteiger partial charge in [-0.15, -0.1) is 0 Å². The molecule has 6 nitrogen and oxygen atoms in total. The Balaban J connectivity index is 1.67. The molecule has 2 saturated heterocycles. The fourth-order valence-electron chi connectivity index (χ4n) is 3.29. The van der Waals surface area contributed by atoms with Crippen LogP contribution in [0.3, 0.4) is 0 Å². The zero-order chi connectivity index (χ0) is 15.3. The van der Waals surface area contributed by atoms with E-state index in [2.05, 4.69) is 0 Å². The van der Waals surface area contributed by atoms with Crippen LogP contribution in [-0.2, 0) is 28.4 Å². The first kappa shape index (κ1) is 13.3. The average Bonchev–Trinajstić information content (AvgIpc) is 2.59. The summed E-state index contributed by atoms with van der Waals surface area (Å²) in [6, 6.07) is 0. The Bertz CT molecular complexity index is 587. The monoisotopic (exact) mass is 296 g/mol. The van der Waals surface area contributed by atoms with Gasteiger partial charge in [0.05, 0.1) is 0 Å². The van der Waals surface area contributed by atoms with Gasteiger partial charge in [-0.05, 0) is 13.8 Å². The molecule has 0 aromatic rings. The molecule has 116 valence electrons. The van der Waals surface area contributed by atoms with Crippen molar-refractivity contribution in [2.75, 3.05) is 0 Å². The summed E-state index contributed by atoms with van der Waals surface area (Å²) in [4.78, 5) is 0. The summed E-state index contributed by atoms with van der Waals surface area (Å²) in [6.07, 6.45) is 3.16. The van der Waals surface area contributed by atoms with E-state index >= 15 is 0 Å². The van der Waals surface area contributed by atoms with Crippen LogP contribution in [0, 0.1) is 0 Å². The van der Waals surface area contributed by atoms with Crippen molar-refractivity contribution in [1.29, 1.82) is 0 Å². The van der Waals surface area contributed by atoms with E-state index in [0.29, 0.717) is 11.5 Å². The largest absolute Gasteiger partial charge is 0.457 e. The summed E-state index contributed by atoms with van der Waals surface area (Å²) in [7, 11) is 0. The van der Waals surface area contributed by atoms with Crippen molar-refractivity contribution in [1.82, 2.24) is 0 Å². The molecule has 0 saturated carbocycles. The smallest absolute Gasteiger partial charge is 0.273 e. The third-order valence-electron chi connectivity index (χ3n) is 4.25. The predicted molar refractivity (Wildman–Crippen MR) is 70.4 cm³/mol. The molecule has 0 aromatic heterocycles. The van der Waals surface area contributed by atoms with Crippen LogP contribution in [0.4, 0.5) is 0 Å². The quantitative estimate of drug-likeness (QED) is 0.730. The van der Waals surface area contributed by atoms with E-state index in [1.807, 2.05) is 41.5 Å². The molecular weight excluding hydrogens is 276 g/mol. The second-order valence-corrected chi connectivity index (χ2v) is 7.22. The summed E-state index contributed by atoms with van der Waals surface area (Å²) in [5.74, 6) is -1.24. The molecule has 0 amide bonds. The maximum Gasteiger partial charge on any atom is 0.273 e. The molecule has 2 atom stereocenters. The molecule has 6 heteroatoms. The zero-order valence-corrected chi connectivity index (χ0v) is 13.1. The van der Waals surface area contributed by atoms with Crippen LogP contribution in [0.15, 0.2) is 24.0 Å². The molecule has 2 unspecified atom stereocenters. The van der Waals surface area contributed by atoms with Crippen LogP contribution in [0.1, 0.15) is 41.5 Å². The van der Waals surface area contributed by atoms with E-state index < -0.39 is 28.6 Å². The molecular formula is C15H20O6. The summed E-state index contributed by atoms with van der Waals surface area (Å²) in [6.45, 7) is 11.3. The number of fused-ring (bicyclic) bond motifs is 1. The minimum atomic E-state index is -0.972. The predicted octanol–water partition coefficient (Wildman–Crippen LogP) is 2.51. The topological polar surface area (TPSA) is 58.7 Å². The van der Waals surface area contributed by atoms with E-state index in [1.165, 1.54) is 0 Å². The van der Waals surface area contributed by atoms with E-state index in [9.17, 15) is 0 Å². The van der Waals surface area contributed by atoms with Crippen molar-refractivity contribution in [3.05, 3.63) is 24.0 Å². The molecule has 0 N–H and O–H groups in total. The van der Waals surface area contributed by atoms with Crippen molar-refractivity contribution in [3.63, 3.8) is 0 Å². The Morgan fingerprint density at radius 1 is 0.714 bits per heavy atom. The highest BCUT2D eigenvalue weighted by molar-refractivity contribution is 5.47. The minimum absolute atomic E-state index is 0.529. The molecule has 0 radical (unpaired) electrons. The van der Waals surface area contributed by atoms with Crippen LogP contribution >= 0.6 is 0 Å². The Morgan fingerprint density at radius 3 is 1.67 bits per heavy atom. The van der Waals surface area contributed by atoms with Gasteiger partial charge in [0.25, 0.3) is 5.79 Å². The van der Waals surface area contributed by atoms with Crippen LogP contribution in [0.2, 0.25) is 0 Å². The van der Waals surface area contributed by atoms with Crippen molar-refractivity contribution >= 4 is 0 Å². The van der Waals surface area contributed by atoms with Gasteiger partial charge in [0.15, 0.2) is 11.5 Å². The van der Waals surface area contributed by atoms with Gasteiger partial charge in [0.2, 0.25) is 17.2 Å². The summed E-state index contributed by atoms with van der Waals surface area (Å²) < 4.78 is 34.7. The van der Waals surface area contributed by atoms with Crippen molar-refractivity contribution in [3.8, 4) is 0 Å². The van der Waals surface area contributed by atoms with Gasteiger partial charge >= 0.3 is 0 Å². The van der Waals surface area contributed by atoms with Crippen LogP contribution in [0.25, 0.3) is 0 Å². The molecule has 4 aliphatic rings. The SMILES string of the molecule is CC1(C)OC=C(C23OC(C)(C)C2(C2=COC(C)(C)O2)O3)O1. The molecule has 4 heterocycles. The number of rotatable bonds is 2. The molecule has 4 aliphatic heterocycles. The summed E-state index contributed by atoms with van der Waals surface area (Å²) >= 11 is 0. The first-order chi connectivity index (χ1) is 9.54. The van der Waals surface area contributed by atoms with Gasteiger partial charge in [-0.25, -0.2) is 0 Å². The zero-order valence-electron chi connectivity index (χ0n) is 13.1. The third kappa shape index (κ3) is 1.40. The standard InChI is InChI=1S/C15H20O6/c1-11(2)14(9-7-16-12(3,4)18-9)15(20-11,21-14)10-8-17-13(5,6)19-10/h7-8H,1-6H3. The average molecular weight is 296 g/mol. The van der Waals surface area contributed by atoms with Crippen molar-refractivity contribution in [2.24, 2.45) is 0 Å². The lowest BCUT2D eigenvalue weighted by Gasteiger charge is -2.44. The maximum atomic E-state index is 6.00. The summed E-state index contributed by atoms with van der Waals surface area (Å²) in [5, 5.41) is 0. The molecule has 0 aliphatic carbocycles. The lowest BCUT2D eigenvalue weighted by molar-refractivity contribution is -0.223. The lowest BCUT2D eigenvalue weighted by Crippen LogP contribution is -2.62. The highest BCUT2D eigenvalue weighted by Crippen LogP contribution is 2.75. The van der Waals surface area contributed by atoms with E-state index in [4.69, 9.17) is 28.4 Å². The van der Waals surface area contributed by atoms with Gasteiger partial charge < -0.3 is 28.4 Å². The maximum absolute atomic E-state index is 6.00. The second-order valence-electron chi connectivity index (χ2n) is 7.22. The van der Waals surface area contributed by atoms with Crippen molar-refractivity contribution < 1.29 is 28.4 Å². The fourth-order valence-corrected chi connectivity index (χ4v) is 3.29.